The number of carbonyl (C=O) groups is 2. The lowest BCUT2D eigenvalue weighted by molar-refractivity contribution is -0.114. The Hall–Kier alpha value is -4.02. The standard InChI is InChI=1S/C23H19ClN4O3/c1-31-20-10-8-19(9-11-20)27-23(30)15-3-6-18(7-4-15)26-14-22(29)28-21-12-17(24)5-2-16(21)13-25/h2-12,26H,14H2,1H3,(H,27,30)(H,28,29). The number of hydrogen-bond donors (Lipinski definition) is 3. The molecule has 0 radical (unpaired) electrons. The van der Waals surface area contributed by atoms with Crippen molar-refractivity contribution < 1.29 is 14.3 Å². The molecular weight excluding hydrogens is 416 g/mol. The number of halogens is 1. The largest absolute Gasteiger partial charge is 0.497 e. The van der Waals surface area contributed by atoms with Gasteiger partial charge in [-0.3, -0.25) is 9.59 Å². The third-order valence-corrected chi connectivity index (χ3v) is 4.56. The van der Waals surface area contributed by atoms with Crippen LogP contribution in [0.3, 0.4) is 0 Å². The number of nitriles is 1. The first kappa shape index (κ1) is 21.7. The summed E-state index contributed by atoms with van der Waals surface area (Å²) in [6.07, 6.45) is 0. The van der Waals surface area contributed by atoms with Gasteiger partial charge in [-0.1, -0.05) is 11.6 Å². The van der Waals surface area contributed by atoms with E-state index in [0.29, 0.717) is 39.0 Å². The van der Waals surface area contributed by atoms with Crippen LogP contribution in [0.2, 0.25) is 5.02 Å². The highest BCUT2D eigenvalue weighted by Gasteiger charge is 2.09. The average molecular weight is 435 g/mol. The number of benzene rings is 3. The van der Waals surface area contributed by atoms with E-state index in [2.05, 4.69) is 16.0 Å². The molecule has 0 bridgehead atoms. The Morgan fingerprint density at radius 3 is 2.29 bits per heavy atom. The third-order valence-electron chi connectivity index (χ3n) is 4.32. The SMILES string of the molecule is COc1ccc(NC(=O)c2ccc(NCC(=O)Nc3cc(Cl)ccc3C#N)cc2)cc1. The highest BCUT2D eigenvalue weighted by Crippen LogP contribution is 2.20. The van der Waals surface area contributed by atoms with Crippen LogP contribution in [0.4, 0.5) is 17.1 Å². The molecule has 0 aliphatic heterocycles. The minimum atomic E-state index is -0.333. The minimum Gasteiger partial charge on any atom is -0.497 e. The van der Waals surface area contributed by atoms with Crippen LogP contribution in [0, 0.1) is 11.3 Å². The van der Waals surface area contributed by atoms with E-state index in [1.807, 2.05) is 6.07 Å². The Morgan fingerprint density at radius 2 is 1.65 bits per heavy atom. The Labute approximate surface area is 184 Å². The Balaban J connectivity index is 1.54. The normalized spacial score (nSPS) is 9.97. The van der Waals surface area contributed by atoms with Crippen LogP contribution in [0.15, 0.2) is 66.7 Å². The molecule has 0 atom stereocenters. The molecule has 3 aromatic rings. The van der Waals surface area contributed by atoms with Gasteiger partial charge in [-0.2, -0.15) is 5.26 Å². The summed E-state index contributed by atoms with van der Waals surface area (Å²) in [4.78, 5) is 24.6. The average Bonchev–Trinajstić information content (AvgIpc) is 2.78. The van der Waals surface area contributed by atoms with Crippen molar-refractivity contribution in [2.75, 3.05) is 29.6 Å². The van der Waals surface area contributed by atoms with E-state index in [1.165, 1.54) is 6.07 Å². The van der Waals surface area contributed by atoms with E-state index in [4.69, 9.17) is 21.6 Å². The Morgan fingerprint density at radius 1 is 0.968 bits per heavy atom. The van der Waals surface area contributed by atoms with Crippen molar-refractivity contribution >= 4 is 40.5 Å². The predicted octanol–water partition coefficient (Wildman–Crippen LogP) is 4.52. The molecule has 3 N–H and O–H groups in total. The van der Waals surface area contributed by atoms with Crippen LogP contribution in [0.1, 0.15) is 15.9 Å². The van der Waals surface area contributed by atoms with Crippen LogP contribution in [-0.2, 0) is 4.79 Å². The van der Waals surface area contributed by atoms with Gasteiger partial charge in [-0.05, 0) is 66.7 Å². The fraction of sp³-hybridized carbons (Fsp3) is 0.0870. The number of nitrogens with zero attached hydrogens (tertiary/aromatic N) is 1. The highest BCUT2D eigenvalue weighted by atomic mass is 35.5. The molecule has 8 heteroatoms. The smallest absolute Gasteiger partial charge is 0.255 e. The summed E-state index contributed by atoms with van der Waals surface area (Å²) in [6.45, 7) is -0.0191. The second-order valence-electron chi connectivity index (χ2n) is 6.46. The van der Waals surface area contributed by atoms with E-state index >= 15 is 0 Å². The number of carbonyl (C=O) groups excluding carboxylic acids is 2. The fourth-order valence-corrected chi connectivity index (χ4v) is 2.88. The van der Waals surface area contributed by atoms with Crippen molar-refractivity contribution in [3.63, 3.8) is 0 Å². The van der Waals surface area contributed by atoms with Crippen LogP contribution in [0.5, 0.6) is 5.75 Å². The van der Waals surface area contributed by atoms with Crippen LogP contribution < -0.4 is 20.7 Å². The molecule has 2 amide bonds. The molecule has 31 heavy (non-hydrogen) atoms. The number of hydrogen-bond acceptors (Lipinski definition) is 5. The van der Waals surface area contributed by atoms with Crippen LogP contribution in [-0.4, -0.2) is 25.5 Å². The van der Waals surface area contributed by atoms with Gasteiger partial charge in [0.1, 0.15) is 11.8 Å². The van der Waals surface area contributed by atoms with Gasteiger partial charge in [0.15, 0.2) is 0 Å². The van der Waals surface area contributed by atoms with Crippen molar-refractivity contribution in [1.29, 1.82) is 5.26 Å². The highest BCUT2D eigenvalue weighted by molar-refractivity contribution is 6.31. The second kappa shape index (κ2) is 10.1. The summed E-state index contributed by atoms with van der Waals surface area (Å²) in [5.41, 5.74) is 2.48. The van der Waals surface area contributed by atoms with Crippen molar-refractivity contribution in [3.05, 3.63) is 82.9 Å². The fourth-order valence-electron chi connectivity index (χ4n) is 2.71. The number of ether oxygens (including phenoxy) is 1. The van der Waals surface area contributed by atoms with Gasteiger partial charge < -0.3 is 20.7 Å². The minimum absolute atomic E-state index is 0.0191. The number of amides is 2. The zero-order chi connectivity index (χ0) is 22.2. The molecule has 0 spiro atoms. The summed E-state index contributed by atoms with van der Waals surface area (Å²) in [7, 11) is 1.58. The summed E-state index contributed by atoms with van der Waals surface area (Å²) >= 11 is 5.92. The number of methoxy groups -OCH3 is 1. The van der Waals surface area contributed by atoms with Gasteiger partial charge in [-0.25, -0.2) is 0 Å². The first-order chi connectivity index (χ1) is 15.0. The van der Waals surface area contributed by atoms with Gasteiger partial charge in [0.25, 0.3) is 5.91 Å². The number of nitrogens with one attached hydrogen (secondary N) is 3. The molecule has 0 saturated heterocycles. The van der Waals surface area contributed by atoms with Gasteiger partial charge in [-0.15, -0.1) is 0 Å². The molecule has 0 unspecified atom stereocenters. The zero-order valence-electron chi connectivity index (χ0n) is 16.6. The lowest BCUT2D eigenvalue weighted by Gasteiger charge is -2.10. The van der Waals surface area contributed by atoms with Crippen molar-refractivity contribution in [2.24, 2.45) is 0 Å². The second-order valence-corrected chi connectivity index (χ2v) is 6.90. The Bertz CT molecular complexity index is 1120. The molecule has 0 aliphatic carbocycles. The van der Waals surface area contributed by atoms with Gasteiger partial charge in [0.05, 0.1) is 24.9 Å². The van der Waals surface area contributed by atoms with E-state index in [0.717, 1.165) is 0 Å². The summed E-state index contributed by atoms with van der Waals surface area (Å²) in [6, 6.07) is 20.4. The molecule has 3 aromatic carbocycles. The molecule has 0 heterocycles. The van der Waals surface area contributed by atoms with Crippen molar-refractivity contribution in [1.82, 2.24) is 0 Å². The maximum Gasteiger partial charge on any atom is 0.255 e. The molecule has 7 nitrogen and oxygen atoms in total. The zero-order valence-corrected chi connectivity index (χ0v) is 17.4. The summed E-state index contributed by atoms with van der Waals surface area (Å²) in [5, 5.41) is 18.0. The molecule has 0 saturated carbocycles. The third kappa shape index (κ3) is 5.98. The topological polar surface area (TPSA) is 103 Å². The molecule has 0 aliphatic rings. The molecular formula is C23H19ClN4O3. The van der Waals surface area contributed by atoms with Crippen molar-refractivity contribution in [2.45, 2.75) is 0 Å². The van der Waals surface area contributed by atoms with Gasteiger partial charge >= 0.3 is 0 Å². The lowest BCUT2D eigenvalue weighted by Crippen LogP contribution is -2.22. The van der Waals surface area contributed by atoms with E-state index in [1.54, 1.807) is 67.8 Å². The van der Waals surface area contributed by atoms with Crippen molar-refractivity contribution in [3.8, 4) is 11.8 Å². The number of anilines is 3. The van der Waals surface area contributed by atoms with E-state index < -0.39 is 0 Å². The maximum atomic E-state index is 12.4. The number of rotatable bonds is 7. The first-order valence-corrected chi connectivity index (χ1v) is 9.65. The summed E-state index contributed by atoms with van der Waals surface area (Å²) < 4.78 is 5.09. The molecule has 156 valence electrons. The monoisotopic (exact) mass is 434 g/mol. The van der Waals surface area contributed by atoms with Crippen LogP contribution in [0.25, 0.3) is 0 Å². The summed E-state index contributed by atoms with van der Waals surface area (Å²) in [5.74, 6) is 0.121. The van der Waals surface area contributed by atoms with Crippen LogP contribution >= 0.6 is 11.6 Å². The van der Waals surface area contributed by atoms with E-state index in [9.17, 15) is 9.59 Å². The molecule has 0 aromatic heterocycles. The predicted molar refractivity (Wildman–Crippen MR) is 121 cm³/mol. The first-order valence-electron chi connectivity index (χ1n) is 9.27. The van der Waals surface area contributed by atoms with Gasteiger partial charge in [0.2, 0.25) is 5.91 Å². The lowest BCUT2D eigenvalue weighted by atomic mass is 10.2. The van der Waals surface area contributed by atoms with E-state index in [-0.39, 0.29) is 18.4 Å². The quantitative estimate of drug-likeness (QED) is 0.507. The van der Waals surface area contributed by atoms with Gasteiger partial charge in [0, 0.05) is 22.0 Å². The molecule has 3 rings (SSSR count). The maximum absolute atomic E-state index is 12.4. The Kier molecular flexibility index (Phi) is 7.09. The molecule has 0 fully saturated rings.